The van der Waals surface area contributed by atoms with Crippen LogP contribution in [0.2, 0.25) is 0 Å². The highest BCUT2D eigenvalue weighted by atomic mass is 16.5. The lowest BCUT2D eigenvalue weighted by molar-refractivity contribution is 0.102. The van der Waals surface area contributed by atoms with E-state index in [-0.39, 0.29) is 5.78 Å². The van der Waals surface area contributed by atoms with Crippen LogP contribution in [0.5, 0.6) is 5.75 Å². The number of carbonyl (C=O) groups excluding carboxylic acids is 1. The van der Waals surface area contributed by atoms with Crippen LogP contribution < -0.4 is 4.74 Å². The normalized spacial score (nSPS) is 10.5. The number of nitrogens with zero attached hydrogens (tertiary/aromatic N) is 3. The smallest absolute Gasteiger partial charge is 0.233 e. The molecule has 5 nitrogen and oxygen atoms in total. The molecule has 0 N–H and O–H groups in total. The molecule has 2 aromatic heterocycles. The molecule has 0 aliphatic carbocycles. The van der Waals surface area contributed by atoms with Crippen LogP contribution in [0.25, 0.3) is 0 Å². The van der Waals surface area contributed by atoms with Crippen LogP contribution in [0.15, 0.2) is 24.4 Å². The molecule has 0 spiro atoms. The molecule has 0 unspecified atom stereocenters. The molecule has 0 aliphatic rings. The second kappa shape index (κ2) is 5.65. The van der Waals surface area contributed by atoms with Crippen molar-refractivity contribution in [3.05, 3.63) is 41.5 Å². The second-order valence-corrected chi connectivity index (χ2v) is 4.28. The van der Waals surface area contributed by atoms with Crippen molar-refractivity contribution in [2.45, 2.75) is 26.8 Å². The maximum Gasteiger partial charge on any atom is 0.233 e. The van der Waals surface area contributed by atoms with Gasteiger partial charge in [0.2, 0.25) is 5.78 Å². The van der Waals surface area contributed by atoms with Gasteiger partial charge in [0.05, 0.1) is 13.3 Å². The van der Waals surface area contributed by atoms with Gasteiger partial charge in [0, 0.05) is 12.2 Å². The first kappa shape index (κ1) is 13.3. The molecule has 2 heterocycles. The Kier molecular flexibility index (Phi) is 3.94. The molecule has 0 bridgehead atoms. The van der Waals surface area contributed by atoms with Crippen LogP contribution in [-0.2, 0) is 6.54 Å². The molecule has 5 heteroatoms. The Morgan fingerprint density at radius 2 is 2.21 bits per heavy atom. The van der Waals surface area contributed by atoms with E-state index in [2.05, 4.69) is 10.1 Å². The van der Waals surface area contributed by atoms with Crippen molar-refractivity contribution >= 4 is 5.78 Å². The average molecular weight is 259 g/mol. The number of carbonyl (C=O) groups is 1. The molecular weight excluding hydrogens is 242 g/mol. The van der Waals surface area contributed by atoms with Gasteiger partial charge in [-0.2, -0.15) is 5.10 Å². The second-order valence-electron chi connectivity index (χ2n) is 4.28. The number of pyridine rings is 1. The Labute approximate surface area is 112 Å². The lowest BCUT2D eigenvalue weighted by Gasteiger charge is -2.07. The highest BCUT2D eigenvalue weighted by Gasteiger charge is 2.21. The number of ether oxygens (including phenoxy) is 1. The molecule has 0 saturated heterocycles. The summed E-state index contributed by atoms with van der Waals surface area (Å²) in [6.07, 6.45) is 2.46. The van der Waals surface area contributed by atoms with E-state index in [1.807, 2.05) is 26.0 Å². The van der Waals surface area contributed by atoms with Gasteiger partial charge in [0.1, 0.15) is 5.69 Å². The number of hydrogen-bond acceptors (Lipinski definition) is 4. The van der Waals surface area contributed by atoms with Crippen molar-refractivity contribution in [1.29, 1.82) is 0 Å². The summed E-state index contributed by atoms with van der Waals surface area (Å²) in [7, 11) is 1.54. The van der Waals surface area contributed by atoms with Gasteiger partial charge in [-0.25, -0.2) is 4.98 Å². The van der Waals surface area contributed by atoms with E-state index in [0.29, 0.717) is 23.7 Å². The van der Waals surface area contributed by atoms with Crippen molar-refractivity contribution < 1.29 is 9.53 Å². The minimum absolute atomic E-state index is 0.161. The number of aryl methyl sites for hydroxylation is 2. The largest absolute Gasteiger partial charge is 0.493 e. The Hall–Kier alpha value is -2.17. The van der Waals surface area contributed by atoms with Gasteiger partial charge in [-0.3, -0.25) is 9.48 Å². The SMILES string of the molecule is CCCn1ncc(OC)c1C(=O)c1cccc(C)n1. The molecule has 2 rings (SSSR count). The van der Waals surface area contributed by atoms with E-state index in [1.165, 1.54) is 7.11 Å². The maximum absolute atomic E-state index is 12.5. The molecule has 19 heavy (non-hydrogen) atoms. The summed E-state index contributed by atoms with van der Waals surface area (Å²) in [6.45, 7) is 4.57. The lowest BCUT2D eigenvalue weighted by Crippen LogP contribution is -2.14. The summed E-state index contributed by atoms with van der Waals surface area (Å²) in [5.74, 6) is 0.327. The third-order valence-electron chi connectivity index (χ3n) is 2.80. The van der Waals surface area contributed by atoms with E-state index in [0.717, 1.165) is 12.1 Å². The van der Waals surface area contributed by atoms with Gasteiger partial charge < -0.3 is 4.74 Å². The molecule has 2 aromatic rings. The highest BCUT2D eigenvalue weighted by Crippen LogP contribution is 2.21. The molecule has 100 valence electrons. The summed E-state index contributed by atoms with van der Waals surface area (Å²) in [6, 6.07) is 5.39. The van der Waals surface area contributed by atoms with Crippen molar-refractivity contribution in [2.24, 2.45) is 0 Å². The number of ketones is 1. The molecule has 0 aliphatic heterocycles. The summed E-state index contributed by atoms with van der Waals surface area (Å²) in [5.41, 5.74) is 1.69. The van der Waals surface area contributed by atoms with E-state index < -0.39 is 0 Å². The van der Waals surface area contributed by atoms with Gasteiger partial charge in [-0.05, 0) is 25.5 Å². The van der Waals surface area contributed by atoms with Crippen LogP contribution >= 0.6 is 0 Å². The van der Waals surface area contributed by atoms with Crippen LogP contribution in [0.1, 0.15) is 35.2 Å². The quantitative estimate of drug-likeness (QED) is 0.773. The average Bonchev–Trinajstić information content (AvgIpc) is 2.81. The number of methoxy groups -OCH3 is 1. The molecule has 0 radical (unpaired) electrons. The molecule has 0 fully saturated rings. The number of aromatic nitrogens is 3. The monoisotopic (exact) mass is 259 g/mol. The van der Waals surface area contributed by atoms with Crippen molar-refractivity contribution in [3.8, 4) is 5.75 Å². The van der Waals surface area contributed by atoms with Crippen molar-refractivity contribution in [3.63, 3.8) is 0 Å². The topological polar surface area (TPSA) is 57.0 Å². The minimum Gasteiger partial charge on any atom is -0.493 e. The van der Waals surface area contributed by atoms with Gasteiger partial charge in [-0.1, -0.05) is 13.0 Å². The summed E-state index contributed by atoms with van der Waals surface area (Å²) in [4.78, 5) is 16.8. The molecule has 0 atom stereocenters. The standard InChI is InChI=1S/C14H17N3O2/c1-4-8-17-13(12(19-3)9-15-17)14(18)11-7-5-6-10(2)16-11/h5-7,9H,4,8H2,1-3H3. The first-order chi connectivity index (χ1) is 9.17. The third kappa shape index (κ3) is 2.65. The van der Waals surface area contributed by atoms with Crippen LogP contribution in [-0.4, -0.2) is 27.7 Å². The fraction of sp³-hybridized carbons (Fsp3) is 0.357. The molecule has 0 aromatic carbocycles. The fourth-order valence-electron chi connectivity index (χ4n) is 1.92. The zero-order valence-electron chi connectivity index (χ0n) is 11.4. The van der Waals surface area contributed by atoms with Crippen molar-refractivity contribution in [1.82, 2.24) is 14.8 Å². The Morgan fingerprint density at radius 1 is 1.42 bits per heavy atom. The Bertz CT molecular complexity index is 590. The summed E-state index contributed by atoms with van der Waals surface area (Å²) in [5, 5.41) is 4.19. The van der Waals surface area contributed by atoms with Gasteiger partial charge in [-0.15, -0.1) is 0 Å². The van der Waals surface area contributed by atoms with Gasteiger partial charge >= 0.3 is 0 Å². The maximum atomic E-state index is 12.5. The van der Waals surface area contributed by atoms with Crippen LogP contribution in [0.3, 0.4) is 0 Å². The Morgan fingerprint density at radius 3 is 2.84 bits per heavy atom. The Balaban J connectivity index is 2.45. The number of hydrogen-bond donors (Lipinski definition) is 0. The molecule has 0 saturated carbocycles. The summed E-state index contributed by atoms with van der Waals surface area (Å²) < 4.78 is 6.89. The lowest BCUT2D eigenvalue weighted by atomic mass is 10.1. The van der Waals surface area contributed by atoms with E-state index >= 15 is 0 Å². The fourth-order valence-corrected chi connectivity index (χ4v) is 1.92. The predicted octanol–water partition coefficient (Wildman–Crippen LogP) is 2.24. The van der Waals surface area contributed by atoms with E-state index in [9.17, 15) is 4.79 Å². The zero-order valence-corrected chi connectivity index (χ0v) is 11.4. The zero-order chi connectivity index (χ0) is 13.8. The first-order valence-corrected chi connectivity index (χ1v) is 6.25. The minimum atomic E-state index is -0.161. The summed E-state index contributed by atoms with van der Waals surface area (Å²) >= 11 is 0. The van der Waals surface area contributed by atoms with Crippen LogP contribution in [0.4, 0.5) is 0 Å². The predicted molar refractivity (Wildman–Crippen MR) is 71.5 cm³/mol. The van der Waals surface area contributed by atoms with Crippen LogP contribution in [0, 0.1) is 6.92 Å². The molecule has 0 amide bonds. The van der Waals surface area contributed by atoms with E-state index in [1.54, 1.807) is 16.9 Å². The molecular formula is C14H17N3O2. The number of rotatable bonds is 5. The van der Waals surface area contributed by atoms with Gasteiger partial charge in [0.15, 0.2) is 11.4 Å². The van der Waals surface area contributed by atoms with Crippen molar-refractivity contribution in [2.75, 3.05) is 7.11 Å². The van der Waals surface area contributed by atoms with E-state index in [4.69, 9.17) is 4.74 Å². The van der Waals surface area contributed by atoms with Gasteiger partial charge in [0.25, 0.3) is 0 Å². The highest BCUT2D eigenvalue weighted by molar-refractivity contribution is 6.08. The first-order valence-electron chi connectivity index (χ1n) is 6.25. The third-order valence-corrected chi connectivity index (χ3v) is 2.80.